The maximum absolute atomic E-state index is 11.2. The van der Waals surface area contributed by atoms with E-state index < -0.39 is 4.92 Å². The topological polar surface area (TPSA) is 94.6 Å². The molecule has 8 nitrogen and oxygen atoms in total. The number of methoxy groups -OCH3 is 1. The van der Waals surface area contributed by atoms with Crippen LogP contribution >= 0.6 is 0 Å². The Labute approximate surface area is 162 Å². The Morgan fingerprint density at radius 2 is 2.00 bits per heavy atom. The highest BCUT2D eigenvalue weighted by Gasteiger charge is 2.22. The third-order valence-electron chi connectivity index (χ3n) is 4.33. The first-order chi connectivity index (χ1) is 13.5. The summed E-state index contributed by atoms with van der Waals surface area (Å²) in [5, 5.41) is 19.8. The molecule has 0 saturated carbocycles. The number of hydrazone groups is 1. The molecule has 1 heterocycles. The summed E-state index contributed by atoms with van der Waals surface area (Å²) in [5.41, 5.74) is 6.53. The molecule has 3 rings (SSSR count). The number of aryl methyl sites for hydroxylation is 1. The van der Waals surface area contributed by atoms with Crippen LogP contribution in [0.4, 0.5) is 11.4 Å². The molecule has 144 valence electrons. The van der Waals surface area contributed by atoms with E-state index in [1.807, 2.05) is 48.5 Å². The van der Waals surface area contributed by atoms with Gasteiger partial charge in [0, 0.05) is 5.56 Å². The number of hydrogen-bond acceptors (Lipinski definition) is 6. The highest BCUT2D eigenvalue weighted by atomic mass is 16.6. The molecule has 8 heteroatoms. The zero-order chi connectivity index (χ0) is 20.1. The number of aromatic nitrogens is 2. The summed E-state index contributed by atoms with van der Waals surface area (Å²) >= 11 is 0. The number of nitrogens with one attached hydrogen (secondary N) is 1. The van der Waals surface area contributed by atoms with Gasteiger partial charge in [-0.2, -0.15) is 10.2 Å². The fourth-order valence-corrected chi connectivity index (χ4v) is 2.96. The van der Waals surface area contributed by atoms with Crippen LogP contribution in [0.25, 0.3) is 0 Å². The van der Waals surface area contributed by atoms with Gasteiger partial charge in [0.05, 0.1) is 30.5 Å². The van der Waals surface area contributed by atoms with Crippen molar-refractivity contribution < 1.29 is 9.66 Å². The maximum atomic E-state index is 11.2. The lowest BCUT2D eigenvalue weighted by atomic mass is 10.1. The van der Waals surface area contributed by atoms with Crippen molar-refractivity contribution in [2.24, 2.45) is 5.10 Å². The van der Waals surface area contributed by atoms with Crippen LogP contribution in [0.5, 0.6) is 5.75 Å². The minimum absolute atomic E-state index is 0.0451. The summed E-state index contributed by atoms with van der Waals surface area (Å²) in [6.07, 6.45) is 1.71. The molecule has 0 radical (unpaired) electrons. The molecule has 0 aliphatic heterocycles. The smallest absolute Gasteiger partial charge is 0.312 e. The van der Waals surface area contributed by atoms with Crippen LogP contribution in [0.3, 0.4) is 0 Å². The second-order valence-electron chi connectivity index (χ2n) is 6.24. The van der Waals surface area contributed by atoms with Gasteiger partial charge >= 0.3 is 5.69 Å². The summed E-state index contributed by atoms with van der Waals surface area (Å²) in [4.78, 5) is 10.8. The number of para-hydroxylation sites is 1. The van der Waals surface area contributed by atoms with Gasteiger partial charge in [0.15, 0.2) is 0 Å². The van der Waals surface area contributed by atoms with Crippen LogP contribution in [0.15, 0.2) is 53.6 Å². The summed E-state index contributed by atoms with van der Waals surface area (Å²) in [6.45, 7) is 3.69. The van der Waals surface area contributed by atoms with E-state index in [0.717, 1.165) is 16.8 Å². The fraction of sp³-hybridized carbons (Fsp3) is 0.200. The van der Waals surface area contributed by atoms with Gasteiger partial charge in [-0.15, -0.1) is 0 Å². The minimum Gasteiger partial charge on any atom is -0.496 e. The largest absolute Gasteiger partial charge is 0.496 e. The second kappa shape index (κ2) is 8.34. The zero-order valence-corrected chi connectivity index (χ0v) is 15.9. The predicted octanol–water partition coefficient (Wildman–Crippen LogP) is 3.91. The Bertz CT molecular complexity index is 1010. The van der Waals surface area contributed by atoms with Crippen molar-refractivity contribution in [2.45, 2.75) is 20.4 Å². The lowest BCUT2D eigenvalue weighted by Crippen LogP contribution is -2.06. The van der Waals surface area contributed by atoms with Crippen LogP contribution < -0.4 is 10.2 Å². The van der Waals surface area contributed by atoms with Crippen LogP contribution in [0.1, 0.15) is 22.5 Å². The van der Waals surface area contributed by atoms with Gasteiger partial charge in [-0.05, 0) is 49.7 Å². The lowest BCUT2D eigenvalue weighted by Gasteiger charge is -2.10. The first-order valence-electron chi connectivity index (χ1n) is 8.69. The zero-order valence-electron chi connectivity index (χ0n) is 15.9. The van der Waals surface area contributed by atoms with Gasteiger partial charge < -0.3 is 4.74 Å². The first-order valence-corrected chi connectivity index (χ1v) is 8.69. The number of ether oxygens (including phenoxy) is 1. The molecule has 0 amide bonds. The van der Waals surface area contributed by atoms with Crippen LogP contribution in [0, 0.1) is 24.0 Å². The molecule has 2 aromatic carbocycles. The van der Waals surface area contributed by atoms with Crippen molar-refractivity contribution in [3.63, 3.8) is 0 Å². The van der Waals surface area contributed by atoms with E-state index in [1.54, 1.807) is 31.9 Å². The molecule has 0 aliphatic carbocycles. The van der Waals surface area contributed by atoms with Crippen molar-refractivity contribution in [3.8, 4) is 5.75 Å². The van der Waals surface area contributed by atoms with Crippen molar-refractivity contribution in [1.29, 1.82) is 0 Å². The number of anilines is 1. The molecule has 0 atom stereocenters. The van der Waals surface area contributed by atoms with E-state index in [0.29, 0.717) is 23.7 Å². The van der Waals surface area contributed by atoms with Gasteiger partial charge in [0.1, 0.15) is 17.1 Å². The fourth-order valence-electron chi connectivity index (χ4n) is 2.96. The first kappa shape index (κ1) is 19.1. The number of hydrogen-bond donors (Lipinski definition) is 1. The Kier molecular flexibility index (Phi) is 5.69. The minimum atomic E-state index is -0.399. The number of benzene rings is 2. The number of nitrogens with zero attached hydrogens (tertiary/aromatic N) is 4. The summed E-state index contributed by atoms with van der Waals surface area (Å²) in [6, 6.07) is 15.3. The molecule has 1 aromatic heterocycles. The average Bonchev–Trinajstić information content (AvgIpc) is 2.96. The molecule has 0 saturated heterocycles. The standard InChI is InChI=1S/C20H21N5O3/c1-14-20(25(26)27)15(2)24(23-14)13-17-11-16(9-10-19(17)28-3)12-21-22-18-7-5-4-6-8-18/h4-12,22H,13H2,1-3H3. The van der Waals surface area contributed by atoms with Crippen LogP contribution in [-0.4, -0.2) is 28.0 Å². The molecular formula is C20H21N5O3. The second-order valence-corrected chi connectivity index (χ2v) is 6.24. The molecule has 0 fully saturated rings. The SMILES string of the molecule is COc1ccc(C=NNc2ccccc2)cc1Cn1nc(C)c([N+](=O)[O-])c1C. The van der Waals surface area contributed by atoms with Gasteiger partial charge in [0.25, 0.3) is 0 Å². The predicted molar refractivity (Wildman–Crippen MR) is 108 cm³/mol. The Hall–Kier alpha value is -3.68. The molecule has 0 aliphatic rings. The van der Waals surface area contributed by atoms with Gasteiger partial charge in [-0.1, -0.05) is 18.2 Å². The Morgan fingerprint density at radius 3 is 2.64 bits per heavy atom. The molecule has 0 bridgehead atoms. The van der Waals surface area contributed by atoms with E-state index in [9.17, 15) is 10.1 Å². The van der Waals surface area contributed by atoms with Crippen LogP contribution in [0.2, 0.25) is 0 Å². The quantitative estimate of drug-likeness (QED) is 0.381. The van der Waals surface area contributed by atoms with Gasteiger partial charge in [-0.25, -0.2) is 0 Å². The van der Waals surface area contributed by atoms with E-state index >= 15 is 0 Å². The lowest BCUT2D eigenvalue weighted by molar-refractivity contribution is -0.386. The summed E-state index contributed by atoms with van der Waals surface area (Å²) in [7, 11) is 1.59. The van der Waals surface area contributed by atoms with Crippen molar-refractivity contribution in [2.75, 3.05) is 12.5 Å². The normalized spacial score (nSPS) is 11.0. The van der Waals surface area contributed by atoms with E-state index in [2.05, 4.69) is 15.6 Å². The third kappa shape index (κ3) is 4.17. The van der Waals surface area contributed by atoms with E-state index in [-0.39, 0.29) is 5.69 Å². The van der Waals surface area contributed by atoms with Crippen molar-refractivity contribution >= 4 is 17.6 Å². The summed E-state index contributed by atoms with van der Waals surface area (Å²) in [5.74, 6) is 0.684. The van der Waals surface area contributed by atoms with Crippen molar-refractivity contribution in [3.05, 3.63) is 81.2 Å². The average molecular weight is 379 g/mol. The Balaban J connectivity index is 1.84. The van der Waals surface area contributed by atoms with E-state index in [4.69, 9.17) is 4.74 Å². The Morgan fingerprint density at radius 1 is 1.25 bits per heavy atom. The monoisotopic (exact) mass is 379 g/mol. The van der Waals surface area contributed by atoms with Crippen molar-refractivity contribution in [1.82, 2.24) is 9.78 Å². The van der Waals surface area contributed by atoms with Crippen LogP contribution in [-0.2, 0) is 6.54 Å². The van der Waals surface area contributed by atoms with Gasteiger partial charge in [-0.3, -0.25) is 20.2 Å². The number of rotatable bonds is 7. The molecule has 0 unspecified atom stereocenters. The highest BCUT2D eigenvalue weighted by molar-refractivity contribution is 5.81. The van der Waals surface area contributed by atoms with E-state index in [1.165, 1.54) is 0 Å². The number of nitro groups is 1. The molecule has 28 heavy (non-hydrogen) atoms. The molecule has 0 spiro atoms. The molecule has 1 N–H and O–H groups in total. The highest BCUT2D eigenvalue weighted by Crippen LogP contribution is 2.25. The van der Waals surface area contributed by atoms with Gasteiger partial charge in [0.2, 0.25) is 0 Å². The molecular weight excluding hydrogens is 358 g/mol. The third-order valence-corrected chi connectivity index (χ3v) is 4.33. The molecule has 3 aromatic rings. The maximum Gasteiger partial charge on any atom is 0.312 e. The summed E-state index contributed by atoms with van der Waals surface area (Å²) < 4.78 is 7.06.